The summed E-state index contributed by atoms with van der Waals surface area (Å²) in [6, 6.07) is 11.5. The highest BCUT2D eigenvalue weighted by Gasteiger charge is 2.30. The van der Waals surface area contributed by atoms with E-state index < -0.39 is 11.7 Å². The number of para-hydroxylation sites is 1. The van der Waals surface area contributed by atoms with E-state index in [2.05, 4.69) is 0 Å². The van der Waals surface area contributed by atoms with Crippen LogP contribution in [0.2, 0.25) is 0 Å². The zero-order valence-corrected chi connectivity index (χ0v) is 11.4. The molecule has 0 aromatic heterocycles. The number of hydrogen-bond donors (Lipinski definition) is 0. The maximum absolute atomic E-state index is 12.5. The zero-order chi connectivity index (χ0) is 15.7. The van der Waals surface area contributed by atoms with Crippen molar-refractivity contribution in [1.29, 1.82) is 0 Å². The third kappa shape index (κ3) is 2.74. The molecular formula is C17H11F3O2. The maximum Gasteiger partial charge on any atom is 0.416 e. The zero-order valence-electron chi connectivity index (χ0n) is 11.4. The van der Waals surface area contributed by atoms with Gasteiger partial charge in [0.15, 0.2) is 5.78 Å². The third-order valence-corrected chi connectivity index (χ3v) is 3.39. The SMILES string of the molecule is O=C1C(=Cc2ccc(C(F)(F)F)cc2)COc2ccccc21. The molecule has 0 saturated carbocycles. The number of halogens is 3. The lowest BCUT2D eigenvalue weighted by atomic mass is 9.98. The number of ether oxygens (including phenoxy) is 1. The molecule has 5 heteroatoms. The van der Waals surface area contributed by atoms with Gasteiger partial charge in [0, 0.05) is 5.57 Å². The monoisotopic (exact) mass is 304 g/mol. The average molecular weight is 304 g/mol. The minimum Gasteiger partial charge on any atom is -0.488 e. The van der Waals surface area contributed by atoms with Crippen LogP contribution in [0.15, 0.2) is 54.1 Å². The molecule has 0 aliphatic carbocycles. The predicted octanol–water partition coefficient (Wildman–Crippen LogP) is 4.36. The van der Waals surface area contributed by atoms with Crippen LogP contribution in [0.1, 0.15) is 21.5 Å². The van der Waals surface area contributed by atoms with E-state index in [1.54, 1.807) is 30.3 Å². The van der Waals surface area contributed by atoms with Crippen molar-refractivity contribution in [1.82, 2.24) is 0 Å². The second-order valence-corrected chi connectivity index (χ2v) is 4.90. The molecule has 0 unspecified atom stereocenters. The predicted molar refractivity (Wildman–Crippen MR) is 75.7 cm³/mol. The molecule has 2 aromatic carbocycles. The molecule has 0 bridgehead atoms. The van der Waals surface area contributed by atoms with Crippen LogP contribution in [0.4, 0.5) is 13.2 Å². The van der Waals surface area contributed by atoms with Crippen LogP contribution in [0.5, 0.6) is 5.75 Å². The van der Waals surface area contributed by atoms with Gasteiger partial charge in [-0.25, -0.2) is 0 Å². The Morgan fingerprint density at radius 3 is 2.36 bits per heavy atom. The van der Waals surface area contributed by atoms with E-state index in [1.807, 2.05) is 0 Å². The third-order valence-electron chi connectivity index (χ3n) is 3.39. The summed E-state index contributed by atoms with van der Waals surface area (Å²) >= 11 is 0. The van der Waals surface area contributed by atoms with Crippen molar-refractivity contribution in [3.63, 3.8) is 0 Å². The largest absolute Gasteiger partial charge is 0.488 e. The van der Waals surface area contributed by atoms with Crippen LogP contribution in [0.25, 0.3) is 6.08 Å². The fourth-order valence-corrected chi connectivity index (χ4v) is 2.25. The van der Waals surface area contributed by atoms with E-state index in [9.17, 15) is 18.0 Å². The van der Waals surface area contributed by atoms with Gasteiger partial charge in [-0.1, -0.05) is 24.3 Å². The van der Waals surface area contributed by atoms with Crippen molar-refractivity contribution in [2.75, 3.05) is 6.61 Å². The van der Waals surface area contributed by atoms with E-state index in [0.29, 0.717) is 22.4 Å². The van der Waals surface area contributed by atoms with Crippen LogP contribution in [0, 0.1) is 0 Å². The van der Waals surface area contributed by atoms with Gasteiger partial charge < -0.3 is 4.74 Å². The summed E-state index contributed by atoms with van der Waals surface area (Å²) < 4.78 is 43.0. The van der Waals surface area contributed by atoms with Crippen LogP contribution >= 0.6 is 0 Å². The van der Waals surface area contributed by atoms with Crippen molar-refractivity contribution in [2.45, 2.75) is 6.18 Å². The molecule has 0 N–H and O–H groups in total. The van der Waals surface area contributed by atoms with Crippen molar-refractivity contribution in [2.24, 2.45) is 0 Å². The first-order chi connectivity index (χ1) is 10.4. The minimum absolute atomic E-state index is 0.108. The summed E-state index contributed by atoms with van der Waals surface area (Å²) in [6.45, 7) is 0.108. The highest BCUT2D eigenvalue weighted by Crippen LogP contribution is 2.30. The summed E-state index contributed by atoms with van der Waals surface area (Å²) in [5.41, 5.74) is 0.691. The van der Waals surface area contributed by atoms with Gasteiger partial charge >= 0.3 is 6.18 Å². The first-order valence-corrected chi connectivity index (χ1v) is 6.59. The molecule has 1 aliphatic rings. The molecular weight excluding hydrogens is 293 g/mol. The first kappa shape index (κ1) is 14.4. The quantitative estimate of drug-likeness (QED) is 0.732. The van der Waals surface area contributed by atoms with Crippen LogP contribution in [-0.2, 0) is 6.18 Å². The van der Waals surface area contributed by atoms with Gasteiger partial charge in [-0.05, 0) is 35.9 Å². The number of rotatable bonds is 1. The number of carbonyl (C=O) groups is 1. The second kappa shape index (κ2) is 5.33. The Hall–Kier alpha value is -2.56. The molecule has 0 saturated heterocycles. The van der Waals surface area contributed by atoms with Gasteiger partial charge in [-0.2, -0.15) is 13.2 Å². The minimum atomic E-state index is -4.37. The van der Waals surface area contributed by atoms with E-state index in [4.69, 9.17) is 4.74 Å². The molecule has 22 heavy (non-hydrogen) atoms. The summed E-state index contributed by atoms with van der Waals surface area (Å²) in [5, 5.41) is 0. The highest BCUT2D eigenvalue weighted by molar-refractivity contribution is 6.14. The standard InChI is InChI=1S/C17H11F3O2/c18-17(19,20)13-7-5-11(6-8-13)9-12-10-22-15-4-2-1-3-14(15)16(12)21/h1-9H,10H2. The fraction of sp³-hybridized carbons (Fsp3) is 0.118. The maximum atomic E-state index is 12.5. The molecule has 1 aliphatic heterocycles. The van der Waals surface area contributed by atoms with Crippen molar-refractivity contribution in [3.05, 3.63) is 70.8 Å². The summed E-state index contributed by atoms with van der Waals surface area (Å²) in [4.78, 5) is 12.3. The van der Waals surface area contributed by atoms with Crippen LogP contribution < -0.4 is 4.74 Å². The lowest BCUT2D eigenvalue weighted by Gasteiger charge is -2.18. The van der Waals surface area contributed by atoms with E-state index in [1.165, 1.54) is 12.1 Å². The molecule has 0 fully saturated rings. The van der Waals surface area contributed by atoms with Crippen LogP contribution in [0.3, 0.4) is 0 Å². The summed E-state index contributed by atoms with van der Waals surface area (Å²) in [6.07, 6.45) is -2.81. The fourth-order valence-electron chi connectivity index (χ4n) is 2.25. The van der Waals surface area contributed by atoms with Crippen LogP contribution in [-0.4, -0.2) is 12.4 Å². The van der Waals surface area contributed by atoms with E-state index in [-0.39, 0.29) is 12.4 Å². The van der Waals surface area contributed by atoms with E-state index >= 15 is 0 Å². The Balaban J connectivity index is 1.89. The Kier molecular flexibility index (Phi) is 3.48. The number of alkyl halides is 3. The number of carbonyl (C=O) groups excluding carboxylic acids is 1. The second-order valence-electron chi connectivity index (χ2n) is 4.90. The normalized spacial score (nSPS) is 16.3. The number of benzene rings is 2. The number of hydrogen-bond acceptors (Lipinski definition) is 2. The number of Topliss-reactive ketones (excluding diaryl/α,β-unsaturated/α-hetero) is 1. The first-order valence-electron chi connectivity index (χ1n) is 6.59. The van der Waals surface area contributed by atoms with Gasteiger partial charge in [0.1, 0.15) is 12.4 Å². The number of fused-ring (bicyclic) bond motifs is 1. The highest BCUT2D eigenvalue weighted by atomic mass is 19.4. The Bertz CT molecular complexity index is 743. The topological polar surface area (TPSA) is 26.3 Å². The number of ketones is 1. The Morgan fingerprint density at radius 2 is 1.68 bits per heavy atom. The van der Waals surface area contributed by atoms with Gasteiger partial charge in [-0.3, -0.25) is 4.79 Å². The van der Waals surface area contributed by atoms with Crippen molar-refractivity contribution < 1.29 is 22.7 Å². The summed E-state index contributed by atoms with van der Waals surface area (Å²) in [5.74, 6) is 0.360. The summed E-state index contributed by atoms with van der Waals surface area (Å²) in [7, 11) is 0. The smallest absolute Gasteiger partial charge is 0.416 e. The molecule has 0 atom stereocenters. The molecule has 1 heterocycles. The lowest BCUT2D eigenvalue weighted by molar-refractivity contribution is -0.137. The van der Waals surface area contributed by atoms with Gasteiger partial charge in [0.05, 0.1) is 11.1 Å². The molecule has 0 amide bonds. The Labute approximate surface area is 124 Å². The van der Waals surface area contributed by atoms with Crippen molar-refractivity contribution in [3.8, 4) is 5.75 Å². The molecule has 0 radical (unpaired) electrons. The molecule has 0 spiro atoms. The lowest BCUT2D eigenvalue weighted by Crippen LogP contribution is -2.18. The molecule has 2 aromatic rings. The van der Waals surface area contributed by atoms with Gasteiger partial charge in [0.2, 0.25) is 0 Å². The van der Waals surface area contributed by atoms with E-state index in [0.717, 1.165) is 12.1 Å². The van der Waals surface area contributed by atoms with Gasteiger partial charge in [-0.15, -0.1) is 0 Å². The molecule has 112 valence electrons. The Morgan fingerprint density at radius 1 is 1.00 bits per heavy atom. The van der Waals surface area contributed by atoms with Gasteiger partial charge in [0.25, 0.3) is 0 Å². The molecule has 2 nitrogen and oxygen atoms in total. The van der Waals surface area contributed by atoms with Crippen molar-refractivity contribution >= 4 is 11.9 Å². The average Bonchev–Trinajstić information content (AvgIpc) is 2.50. The molecule has 3 rings (SSSR count).